The summed E-state index contributed by atoms with van der Waals surface area (Å²) in [7, 11) is 0. The van der Waals surface area contributed by atoms with E-state index in [-0.39, 0.29) is 40.5 Å². The van der Waals surface area contributed by atoms with E-state index in [9.17, 15) is 14.4 Å². The van der Waals surface area contributed by atoms with Crippen LogP contribution in [0.3, 0.4) is 0 Å². The van der Waals surface area contributed by atoms with Gasteiger partial charge >= 0.3 is 11.8 Å². The summed E-state index contributed by atoms with van der Waals surface area (Å²) in [6.45, 7) is 12.8. The van der Waals surface area contributed by atoms with Gasteiger partial charge in [-0.1, -0.05) is 25.4 Å². The number of fused-ring (bicyclic) bond motifs is 1. The van der Waals surface area contributed by atoms with E-state index in [0.29, 0.717) is 31.0 Å². The molecule has 11 nitrogen and oxygen atoms in total. The predicted octanol–water partition coefficient (Wildman–Crippen LogP) is 3.14. The average Bonchev–Trinajstić information content (AvgIpc) is 2.82. The van der Waals surface area contributed by atoms with Gasteiger partial charge in [-0.15, -0.1) is 0 Å². The monoisotopic (exact) mass is 544 g/mol. The van der Waals surface area contributed by atoms with E-state index < -0.39 is 22.9 Å². The Morgan fingerprint density at radius 1 is 1.29 bits per heavy atom. The molecule has 1 fully saturated rings. The predicted molar refractivity (Wildman–Crippen MR) is 145 cm³/mol. The molecule has 3 aromatic heterocycles. The lowest BCUT2D eigenvalue weighted by atomic mass is 10.0. The number of aryl methyl sites for hydroxylation is 1. The van der Waals surface area contributed by atoms with E-state index >= 15 is 0 Å². The first-order valence-electron chi connectivity index (χ1n) is 12.5. The third kappa shape index (κ3) is 5.83. The second-order valence-corrected chi connectivity index (χ2v) is 11.0. The van der Waals surface area contributed by atoms with Crippen LogP contribution in [0.25, 0.3) is 16.7 Å². The summed E-state index contributed by atoms with van der Waals surface area (Å²) in [6, 6.07) is 3.06. The fraction of sp³-hybridized carbons (Fsp3) is 0.500. The van der Waals surface area contributed by atoms with Crippen molar-refractivity contribution < 1.29 is 14.3 Å². The number of hydrogen-bond acceptors (Lipinski definition) is 8. The summed E-state index contributed by atoms with van der Waals surface area (Å²) in [4.78, 5) is 51.4. The Bertz CT molecular complexity index is 1480. The molecule has 3 aromatic rings. The standard InChI is InChI=1S/C26H33ClN6O5/c1-14(2)17-7-8-28-15(3)21(17)33-22-20(23(34)31-24(33)35)18(11-19(27)30-22)37-13-16-12-32(10-9-29-16)25(36)38-26(4,5)6/h7-8,11,14,16,29H,9-10,12-13H2,1-6H3,(H,31,34,35). The second kappa shape index (κ2) is 10.7. The zero-order valence-corrected chi connectivity index (χ0v) is 23.2. The minimum atomic E-state index is -0.650. The quantitative estimate of drug-likeness (QED) is 0.468. The molecule has 0 spiro atoms. The van der Waals surface area contributed by atoms with Gasteiger partial charge in [-0.25, -0.2) is 19.1 Å². The summed E-state index contributed by atoms with van der Waals surface area (Å²) < 4.78 is 12.9. The lowest BCUT2D eigenvalue weighted by Gasteiger charge is -2.34. The number of amides is 1. The molecule has 0 radical (unpaired) electrons. The van der Waals surface area contributed by atoms with Crippen molar-refractivity contribution in [1.82, 2.24) is 29.7 Å². The molecule has 0 bridgehead atoms. The molecule has 1 unspecified atom stereocenters. The molecule has 12 heteroatoms. The van der Waals surface area contributed by atoms with Gasteiger partial charge in [0, 0.05) is 31.9 Å². The van der Waals surface area contributed by atoms with E-state index in [1.54, 1.807) is 18.0 Å². The summed E-state index contributed by atoms with van der Waals surface area (Å²) in [6.07, 6.45) is 1.29. The maximum atomic E-state index is 13.1. The van der Waals surface area contributed by atoms with E-state index in [4.69, 9.17) is 21.1 Å². The first-order chi connectivity index (χ1) is 17.9. The van der Waals surface area contributed by atoms with E-state index in [1.807, 2.05) is 40.7 Å². The van der Waals surface area contributed by atoms with Crippen LogP contribution in [0.5, 0.6) is 5.75 Å². The lowest BCUT2D eigenvalue weighted by Crippen LogP contribution is -2.55. The Hall–Kier alpha value is -3.44. The number of pyridine rings is 2. The Balaban J connectivity index is 1.71. The molecule has 1 saturated heterocycles. The molecular formula is C26H33ClN6O5. The Labute approximate surface area is 225 Å². The van der Waals surface area contributed by atoms with Crippen molar-refractivity contribution in [3.63, 3.8) is 0 Å². The molecule has 2 N–H and O–H groups in total. The average molecular weight is 545 g/mol. The molecule has 0 aromatic carbocycles. The van der Waals surface area contributed by atoms with Gasteiger partial charge in [-0.3, -0.25) is 14.8 Å². The fourth-order valence-corrected chi connectivity index (χ4v) is 4.62. The van der Waals surface area contributed by atoms with Crippen molar-refractivity contribution in [1.29, 1.82) is 0 Å². The molecule has 204 valence electrons. The van der Waals surface area contributed by atoms with Gasteiger partial charge in [-0.2, -0.15) is 0 Å². The van der Waals surface area contributed by atoms with Crippen LogP contribution in [0.15, 0.2) is 27.9 Å². The van der Waals surface area contributed by atoms with Crippen LogP contribution in [-0.4, -0.2) is 68.4 Å². The number of halogens is 1. The summed E-state index contributed by atoms with van der Waals surface area (Å²) in [5.41, 5.74) is 0.195. The third-order valence-electron chi connectivity index (χ3n) is 6.13. The van der Waals surface area contributed by atoms with Gasteiger partial charge in [0.2, 0.25) is 0 Å². The highest BCUT2D eigenvalue weighted by atomic mass is 35.5. The number of nitrogens with zero attached hydrogens (tertiary/aromatic N) is 4. The number of hydrogen-bond donors (Lipinski definition) is 2. The molecule has 1 aliphatic heterocycles. The number of ether oxygens (including phenoxy) is 2. The van der Waals surface area contributed by atoms with Gasteiger partial charge in [-0.05, 0) is 45.2 Å². The van der Waals surface area contributed by atoms with Crippen molar-refractivity contribution in [2.45, 2.75) is 59.1 Å². The normalized spacial score (nSPS) is 16.2. The topological polar surface area (TPSA) is 131 Å². The highest BCUT2D eigenvalue weighted by Crippen LogP contribution is 2.29. The summed E-state index contributed by atoms with van der Waals surface area (Å²) >= 11 is 6.36. The Morgan fingerprint density at radius 3 is 2.71 bits per heavy atom. The number of aromatic amines is 1. The first kappa shape index (κ1) is 27.6. The number of nitrogens with one attached hydrogen (secondary N) is 2. The number of carbonyl (C=O) groups is 1. The van der Waals surface area contributed by atoms with Gasteiger partial charge in [0.1, 0.15) is 28.5 Å². The van der Waals surface area contributed by atoms with Crippen LogP contribution >= 0.6 is 11.6 Å². The number of aromatic nitrogens is 4. The van der Waals surface area contributed by atoms with E-state index in [2.05, 4.69) is 20.3 Å². The van der Waals surface area contributed by atoms with Crippen LogP contribution in [0.1, 0.15) is 51.8 Å². The molecule has 0 aliphatic carbocycles. The zero-order valence-electron chi connectivity index (χ0n) is 22.4. The molecule has 4 heterocycles. The molecule has 1 aliphatic rings. The van der Waals surface area contributed by atoms with Crippen LogP contribution in [0.2, 0.25) is 5.15 Å². The first-order valence-corrected chi connectivity index (χ1v) is 12.9. The number of rotatable bonds is 5. The van der Waals surface area contributed by atoms with E-state index in [0.717, 1.165) is 5.56 Å². The minimum absolute atomic E-state index is 0.0610. The highest BCUT2D eigenvalue weighted by molar-refractivity contribution is 6.30. The largest absolute Gasteiger partial charge is 0.491 e. The second-order valence-electron chi connectivity index (χ2n) is 10.6. The van der Waals surface area contributed by atoms with Crippen molar-refractivity contribution in [2.24, 2.45) is 0 Å². The molecule has 0 saturated carbocycles. The maximum Gasteiger partial charge on any atom is 0.410 e. The molecule has 4 rings (SSSR count). The molecule has 1 atom stereocenters. The van der Waals surface area contributed by atoms with E-state index in [1.165, 1.54) is 10.6 Å². The summed E-state index contributed by atoms with van der Waals surface area (Å²) in [5, 5.41) is 3.47. The van der Waals surface area contributed by atoms with Gasteiger partial charge in [0.05, 0.1) is 17.4 Å². The maximum absolute atomic E-state index is 13.1. The molecule has 38 heavy (non-hydrogen) atoms. The van der Waals surface area contributed by atoms with Gasteiger partial charge in [0.15, 0.2) is 5.65 Å². The number of carbonyl (C=O) groups excluding carboxylic acids is 1. The Kier molecular flexibility index (Phi) is 7.80. The van der Waals surface area contributed by atoms with Crippen molar-refractivity contribution in [2.75, 3.05) is 26.2 Å². The van der Waals surface area contributed by atoms with Crippen molar-refractivity contribution in [3.05, 3.63) is 55.6 Å². The summed E-state index contributed by atoms with van der Waals surface area (Å²) in [5.74, 6) is 0.250. The van der Waals surface area contributed by atoms with Crippen LogP contribution < -0.4 is 21.3 Å². The van der Waals surface area contributed by atoms with Gasteiger partial charge < -0.3 is 19.7 Å². The highest BCUT2D eigenvalue weighted by Gasteiger charge is 2.28. The molecular weight excluding hydrogens is 512 g/mol. The van der Waals surface area contributed by atoms with Crippen molar-refractivity contribution >= 4 is 28.7 Å². The van der Waals surface area contributed by atoms with Crippen LogP contribution in [-0.2, 0) is 4.74 Å². The lowest BCUT2D eigenvalue weighted by molar-refractivity contribution is 0.0178. The number of piperazine rings is 1. The van der Waals surface area contributed by atoms with Crippen molar-refractivity contribution in [3.8, 4) is 11.4 Å². The minimum Gasteiger partial charge on any atom is -0.491 e. The fourth-order valence-electron chi connectivity index (χ4n) is 4.44. The Morgan fingerprint density at radius 2 is 2.03 bits per heavy atom. The smallest absolute Gasteiger partial charge is 0.410 e. The van der Waals surface area contributed by atoms with Crippen LogP contribution in [0.4, 0.5) is 4.79 Å². The SMILES string of the molecule is Cc1nccc(C(C)C)c1-n1c(=O)[nH]c(=O)c2c(OCC3CN(C(=O)OC(C)(C)C)CCN3)cc(Cl)nc21. The third-order valence-corrected chi connectivity index (χ3v) is 6.32. The van der Waals surface area contributed by atoms with Gasteiger partial charge in [0.25, 0.3) is 5.56 Å². The number of H-pyrrole nitrogens is 1. The van der Waals surface area contributed by atoms with Crippen LogP contribution in [0, 0.1) is 6.92 Å². The molecule has 1 amide bonds. The zero-order chi connectivity index (χ0) is 27.8.